The van der Waals surface area contributed by atoms with E-state index >= 15 is 0 Å². The molecule has 1 nitrogen and oxygen atoms in total. The summed E-state index contributed by atoms with van der Waals surface area (Å²) in [4.78, 5) is 0. The number of nitriles is 1. The third-order valence-corrected chi connectivity index (χ3v) is 3.66. The molecule has 0 fully saturated rings. The summed E-state index contributed by atoms with van der Waals surface area (Å²) < 4.78 is 0. The fourth-order valence-corrected chi connectivity index (χ4v) is 2.83. The highest BCUT2D eigenvalue weighted by atomic mass is 14.3. The number of rotatable bonds is 2. The van der Waals surface area contributed by atoms with Gasteiger partial charge >= 0.3 is 0 Å². The molecule has 2 aromatic rings. The highest BCUT2D eigenvalue weighted by Gasteiger charge is 2.27. The summed E-state index contributed by atoms with van der Waals surface area (Å²) >= 11 is 0. The molecule has 0 saturated carbocycles. The molecule has 1 heteroatoms. The molecule has 0 amide bonds. The number of fused-ring (bicyclic) bond motifs is 3. The van der Waals surface area contributed by atoms with Crippen molar-refractivity contribution in [1.29, 1.82) is 5.26 Å². The van der Waals surface area contributed by atoms with E-state index in [0.717, 1.165) is 18.4 Å². The lowest BCUT2D eigenvalue weighted by molar-refractivity contribution is 0.921. The summed E-state index contributed by atoms with van der Waals surface area (Å²) in [6.45, 7) is 2.19. The predicted molar refractivity (Wildman–Crippen MR) is 73.3 cm³/mol. The normalized spacial score (nSPS) is 15.9. The van der Waals surface area contributed by atoms with E-state index in [1.54, 1.807) is 0 Å². The first kappa shape index (κ1) is 11.0. The first-order valence-electron chi connectivity index (χ1n) is 6.47. The topological polar surface area (TPSA) is 23.8 Å². The molecule has 1 aliphatic rings. The van der Waals surface area contributed by atoms with Gasteiger partial charge in [0.1, 0.15) is 0 Å². The minimum atomic E-state index is -0.0909. The van der Waals surface area contributed by atoms with Crippen LogP contribution in [0.5, 0.6) is 0 Å². The van der Waals surface area contributed by atoms with Crippen molar-refractivity contribution in [1.82, 2.24) is 0 Å². The molecular weight excluding hydrogens is 218 g/mol. The smallest absolute Gasteiger partial charge is 0.0974 e. The molecule has 88 valence electrons. The number of hydrogen-bond donors (Lipinski definition) is 0. The molecule has 0 heterocycles. The Morgan fingerprint density at radius 2 is 1.83 bits per heavy atom. The van der Waals surface area contributed by atoms with Crippen molar-refractivity contribution < 1.29 is 0 Å². The maximum atomic E-state index is 9.38. The van der Waals surface area contributed by atoms with Crippen LogP contribution in [0.1, 0.15) is 36.0 Å². The van der Waals surface area contributed by atoms with Crippen LogP contribution in [0.3, 0.4) is 0 Å². The number of hydrogen-bond acceptors (Lipinski definition) is 1. The van der Waals surface area contributed by atoms with Crippen molar-refractivity contribution in [2.24, 2.45) is 0 Å². The van der Waals surface area contributed by atoms with E-state index in [-0.39, 0.29) is 5.92 Å². The van der Waals surface area contributed by atoms with E-state index in [0.29, 0.717) is 0 Å². The maximum absolute atomic E-state index is 9.38. The fraction of sp³-hybridized carbons (Fsp3) is 0.235. The van der Waals surface area contributed by atoms with Crippen molar-refractivity contribution in [3.05, 3.63) is 59.2 Å². The van der Waals surface area contributed by atoms with E-state index in [1.165, 1.54) is 22.3 Å². The van der Waals surface area contributed by atoms with Crippen LogP contribution in [0.4, 0.5) is 0 Å². The van der Waals surface area contributed by atoms with Crippen molar-refractivity contribution in [2.75, 3.05) is 0 Å². The molecule has 0 N–H and O–H groups in total. The van der Waals surface area contributed by atoms with E-state index in [2.05, 4.69) is 49.4 Å². The molecule has 1 unspecified atom stereocenters. The highest BCUT2D eigenvalue weighted by Crippen LogP contribution is 2.44. The Bertz CT molecular complexity index is 634. The van der Waals surface area contributed by atoms with Crippen LogP contribution >= 0.6 is 0 Å². The number of aryl methyl sites for hydroxylation is 1. The molecule has 0 aliphatic heterocycles. The molecule has 0 radical (unpaired) electrons. The lowest BCUT2D eigenvalue weighted by Crippen LogP contribution is -1.92. The Morgan fingerprint density at radius 3 is 2.61 bits per heavy atom. The summed E-state index contributed by atoms with van der Waals surface area (Å²) in [5.41, 5.74) is 6.17. The second-order valence-electron chi connectivity index (χ2n) is 4.82. The Labute approximate surface area is 108 Å². The van der Waals surface area contributed by atoms with Gasteiger partial charge in [-0.1, -0.05) is 55.8 Å². The first-order valence-corrected chi connectivity index (χ1v) is 6.47. The van der Waals surface area contributed by atoms with Gasteiger partial charge in [0.25, 0.3) is 0 Å². The van der Waals surface area contributed by atoms with E-state index < -0.39 is 0 Å². The predicted octanol–water partition coefficient (Wildman–Crippen LogP) is 4.27. The Balaban J connectivity index is 2.20. The Hall–Kier alpha value is -2.07. The maximum Gasteiger partial charge on any atom is 0.0974 e. The largest absolute Gasteiger partial charge is 0.197 e. The molecule has 0 bridgehead atoms. The fourth-order valence-electron chi connectivity index (χ4n) is 2.83. The van der Waals surface area contributed by atoms with Crippen LogP contribution in [-0.2, 0) is 6.42 Å². The number of nitrogens with zero attached hydrogens (tertiary/aromatic N) is 1. The lowest BCUT2D eigenvalue weighted by atomic mass is 9.97. The zero-order valence-electron chi connectivity index (χ0n) is 10.5. The average molecular weight is 233 g/mol. The van der Waals surface area contributed by atoms with Gasteiger partial charge < -0.3 is 0 Å². The zero-order valence-corrected chi connectivity index (χ0v) is 10.5. The second kappa shape index (κ2) is 4.31. The summed E-state index contributed by atoms with van der Waals surface area (Å²) in [6, 6.07) is 17.2. The molecule has 1 aliphatic carbocycles. The van der Waals surface area contributed by atoms with Crippen LogP contribution in [-0.4, -0.2) is 0 Å². The summed E-state index contributed by atoms with van der Waals surface area (Å²) in [5, 5.41) is 9.38. The minimum Gasteiger partial charge on any atom is -0.197 e. The van der Waals surface area contributed by atoms with Gasteiger partial charge in [-0.25, -0.2) is 0 Å². The van der Waals surface area contributed by atoms with Gasteiger partial charge in [0, 0.05) is 0 Å². The van der Waals surface area contributed by atoms with E-state index in [4.69, 9.17) is 0 Å². The van der Waals surface area contributed by atoms with Gasteiger partial charge in [-0.05, 0) is 34.2 Å². The van der Waals surface area contributed by atoms with Crippen LogP contribution in [0.2, 0.25) is 0 Å². The van der Waals surface area contributed by atoms with E-state index in [9.17, 15) is 5.26 Å². The second-order valence-corrected chi connectivity index (χ2v) is 4.82. The van der Waals surface area contributed by atoms with Crippen LogP contribution in [0.25, 0.3) is 11.1 Å². The molecule has 0 aromatic heterocycles. The molecule has 3 rings (SSSR count). The Morgan fingerprint density at radius 1 is 1.06 bits per heavy atom. The average Bonchev–Trinajstić information content (AvgIpc) is 2.72. The van der Waals surface area contributed by atoms with Gasteiger partial charge in [0.05, 0.1) is 12.0 Å². The van der Waals surface area contributed by atoms with Crippen LogP contribution < -0.4 is 0 Å². The molecule has 1 atom stereocenters. The standard InChI is InChI=1S/C17H15N/c1-2-5-12-8-9-15-16(10-12)13-6-3-4-7-14(13)17(15)11-18/h3-4,6-10,17H,2,5H2,1H3. The lowest BCUT2D eigenvalue weighted by Gasteiger charge is -2.05. The summed E-state index contributed by atoms with van der Waals surface area (Å²) in [5.74, 6) is -0.0909. The SMILES string of the molecule is CCCc1ccc2c(c1)-c1ccccc1C2C#N. The van der Waals surface area contributed by atoms with Crippen molar-refractivity contribution >= 4 is 0 Å². The number of benzene rings is 2. The van der Waals surface area contributed by atoms with Crippen molar-refractivity contribution in [3.63, 3.8) is 0 Å². The zero-order chi connectivity index (χ0) is 12.5. The van der Waals surface area contributed by atoms with Crippen molar-refractivity contribution in [2.45, 2.75) is 25.7 Å². The van der Waals surface area contributed by atoms with Crippen LogP contribution in [0, 0.1) is 11.3 Å². The summed E-state index contributed by atoms with van der Waals surface area (Å²) in [6.07, 6.45) is 2.26. The Kier molecular flexibility index (Phi) is 2.64. The monoisotopic (exact) mass is 233 g/mol. The molecule has 0 saturated heterocycles. The highest BCUT2D eigenvalue weighted by molar-refractivity contribution is 5.80. The van der Waals surface area contributed by atoms with Crippen molar-refractivity contribution in [3.8, 4) is 17.2 Å². The summed E-state index contributed by atoms with van der Waals surface area (Å²) in [7, 11) is 0. The van der Waals surface area contributed by atoms with E-state index in [1.807, 2.05) is 6.07 Å². The van der Waals surface area contributed by atoms with Gasteiger partial charge in [-0.2, -0.15) is 5.26 Å². The van der Waals surface area contributed by atoms with Gasteiger partial charge in [-0.3, -0.25) is 0 Å². The van der Waals surface area contributed by atoms with Gasteiger partial charge in [0.2, 0.25) is 0 Å². The van der Waals surface area contributed by atoms with Gasteiger partial charge in [-0.15, -0.1) is 0 Å². The third kappa shape index (κ3) is 1.54. The van der Waals surface area contributed by atoms with Gasteiger partial charge in [0.15, 0.2) is 0 Å². The third-order valence-electron chi connectivity index (χ3n) is 3.66. The quantitative estimate of drug-likeness (QED) is 0.759. The molecule has 2 aromatic carbocycles. The molecule has 0 spiro atoms. The minimum absolute atomic E-state index is 0.0909. The van der Waals surface area contributed by atoms with Crippen LogP contribution in [0.15, 0.2) is 42.5 Å². The first-order chi connectivity index (χ1) is 8.85. The molecule has 18 heavy (non-hydrogen) atoms. The molecular formula is C17H15N.